The third-order valence-electron chi connectivity index (χ3n) is 8.02. The van der Waals surface area contributed by atoms with Gasteiger partial charge in [-0.05, 0) is 38.0 Å². The minimum absolute atomic E-state index is 0.278. The van der Waals surface area contributed by atoms with E-state index in [1.165, 1.54) is 10.7 Å². The average Bonchev–Trinajstić information content (AvgIpc) is 3.59. The summed E-state index contributed by atoms with van der Waals surface area (Å²) in [6.07, 6.45) is 4.96. The van der Waals surface area contributed by atoms with Gasteiger partial charge < -0.3 is 29.9 Å². The number of β-amino-alcohol motifs (C(OH)–C–C–N with tert-alkyl or cyclic N) is 1. The monoisotopic (exact) mass is 569 g/mol. The summed E-state index contributed by atoms with van der Waals surface area (Å²) >= 11 is 0. The van der Waals surface area contributed by atoms with E-state index in [0.717, 1.165) is 68.8 Å². The van der Waals surface area contributed by atoms with Crippen molar-refractivity contribution in [1.82, 2.24) is 33.9 Å². The molecule has 4 aromatic rings. The predicted molar refractivity (Wildman–Crippen MR) is 158 cm³/mol. The Bertz CT molecular complexity index is 1640. The highest BCUT2D eigenvalue weighted by molar-refractivity contribution is 5.90. The molecule has 0 spiro atoms. The van der Waals surface area contributed by atoms with Crippen molar-refractivity contribution >= 4 is 34.0 Å². The number of benzene rings is 1. The number of fused-ring (bicyclic) bond motifs is 2. The Balaban J connectivity index is 1.16. The van der Waals surface area contributed by atoms with E-state index in [9.17, 15) is 15.6 Å². The number of hydrogen-bond acceptors (Lipinski definition) is 11. The Labute approximate surface area is 243 Å². The number of piperidine rings is 1. The van der Waals surface area contributed by atoms with Crippen molar-refractivity contribution < 1.29 is 9.84 Å². The zero-order valence-corrected chi connectivity index (χ0v) is 23.7. The van der Waals surface area contributed by atoms with Crippen molar-refractivity contribution in [2.75, 3.05) is 69.7 Å². The van der Waals surface area contributed by atoms with E-state index in [2.05, 4.69) is 52.2 Å². The molecule has 0 saturated carbocycles. The van der Waals surface area contributed by atoms with E-state index in [-0.39, 0.29) is 12.1 Å². The first-order valence-corrected chi connectivity index (χ1v) is 14.5. The number of ether oxygens (including phenoxy) is 1. The first-order chi connectivity index (χ1) is 20.6. The summed E-state index contributed by atoms with van der Waals surface area (Å²) < 4.78 is 9.11. The fraction of sp³-hybridized carbons (Fsp3) is 0.483. The SMILES string of the molecule is CCNc1nc(Nc2ccc3c(c2)c(C#N)cn3C2CCN(C[C@@H](O)CN3CCOCC3)CC2)nn2c(C#N)cnc12. The Morgan fingerprint density at radius 3 is 2.57 bits per heavy atom. The summed E-state index contributed by atoms with van der Waals surface area (Å²) in [5.41, 5.74) is 3.15. The van der Waals surface area contributed by atoms with Gasteiger partial charge in [-0.2, -0.15) is 20.0 Å². The second-order valence-electron chi connectivity index (χ2n) is 10.8. The van der Waals surface area contributed by atoms with Gasteiger partial charge in [-0.25, -0.2) is 4.98 Å². The van der Waals surface area contributed by atoms with Crippen LogP contribution in [0.15, 0.2) is 30.6 Å². The van der Waals surface area contributed by atoms with E-state index in [0.29, 0.717) is 48.3 Å². The van der Waals surface area contributed by atoms with E-state index < -0.39 is 0 Å². The predicted octanol–water partition coefficient (Wildman–Crippen LogP) is 2.33. The van der Waals surface area contributed by atoms with Crippen LogP contribution in [0.3, 0.4) is 0 Å². The number of hydrogen-bond donors (Lipinski definition) is 3. The van der Waals surface area contributed by atoms with Crippen molar-refractivity contribution in [2.24, 2.45) is 0 Å². The summed E-state index contributed by atoms with van der Waals surface area (Å²) in [5, 5.41) is 41.8. The molecule has 1 aromatic carbocycles. The van der Waals surface area contributed by atoms with Gasteiger partial charge in [0, 0.05) is 74.6 Å². The van der Waals surface area contributed by atoms with Crippen molar-refractivity contribution in [2.45, 2.75) is 31.9 Å². The molecule has 6 rings (SSSR count). The second kappa shape index (κ2) is 12.3. The van der Waals surface area contributed by atoms with Gasteiger partial charge in [-0.1, -0.05) is 0 Å². The van der Waals surface area contributed by atoms with Gasteiger partial charge >= 0.3 is 0 Å². The van der Waals surface area contributed by atoms with E-state index in [1.807, 2.05) is 31.3 Å². The zero-order chi connectivity index (χ0) is 29.1. The molecule has 0 bridgehead atoms. The van der Waals surface area contributed by atoms with Crippen LogP contribution in [-0.2, 0) is 4.74 Å². The fourth-order valence-corrected chi connectivity index (χ4v) is 5.97. The number of nitrogens with one attached hydrogen (secondary N) is 2. The van der Waals surface area contributed by atoms with Crippen LogP contribution in [0.2, 0.25) is 0 Å². The second-order valence-corrected chi connectivity index (χ2v) is 10.8. The van der Waals surface area contributed by atoms with Gasteiger partial charge in [0.15, 0.2) is 17.2 Å². The van der Waals surface area contributed by atoms with E-state index in [1.54, 1.807) is 0 Å². The number of imidazole rings is 1. The molecule has 5 heterocycles. The molecule has 0 amide bonds. The molecule has 0 radical (unpaired) electrons. The zero-order valence-electron chi connectivity index (χ0n) is 23.7. The third-order valence-corrected chi connectivity index (χ3v) is 8.02. The van der Waals surface area contributed by atoms with Gasteiger partial charge in [-0.15, -0.1) is 5.10 Å². The van der Waals surface area contributed by atoms with Gasteiger partial charge in [-0.3, -0.25) is 4.90 Å². The molecule has 3 aromatic heterocycles. The maximum Gasteiger partial charge on any atom is 0.247 e. The van der Waals surface area contributed by atoms with Gasteiger partial charge in [0.05, 0.1) is 31.1 Å². The Morgan fingerprint density at radius 2 is 1.86 bits per heavy atom. The van der Waals surface area contributed by atoms with Crippen molar-refractivity contribution in [3.05, 3.63) is 41.9 Å². The van der Waals surface area contributed by atoms with Crippen LogP contribution in [-0.4, -0.2) is 104 Å². The van der Waals surface area contributed by atoms with Crippen molar-refractivity contribution in [3.8, 4) is 12.1 Å². The molecule has 13 heteroatoms. The molecule has 0 aliphatic carbocycles. The first-order valence-electron chi connectivity index (χ1n) is 14.5. The average molecular weight is 570 g/mol. The molecule has 2 fully saturated rings. The summed E-state index contributed by atoms with van der Waals surface area (Å²) in [4.78, 5) is 13.5. The smallest absolute Gasteiger partial charge is 0.247 e. The minimum Gasteiger partial charge on any atom is -0.390 e. The van der Waals surface area contributed by atoms with Crippen LogP contribution in [0.4, 0.5) is 17.5 Å². The number of aliphatic hydroxyl groups excluding tert-OH is 1. The van der Waals surface area contributed by atoms with E-state index >= 15 is 0 Å². The van der Waals surface area contributed by atoms with Gasteiger partial charge in [0.25, 0.3) is 0 Å². The molecule has 2 aliphatic rings. The summed E-state index contributed by atoms with van der Waals surface area (Å²) in [6, 6.07) is 10.7. The molecule has 2 aliphatic heterocycles. The quantitative estimate of drug-likeness (QED) is 0.272. The minimum atomic E-state index is -0.373. The normalized spacial score (nSPS) is 17.7. The molecule has 1 atom stereocenters. The number of anilines is 3. The molecule has 0 unspecified atom stereocenters. The summed E-state index contributed by atoms with van der Waals surface area (Å²) in [7, 11) is 0. The summed E-state index contributed by atoms with van der Waals surface area (Å²) in [5.74, 6) is 0.842. The number of aliphatic hydroxyl groups is 1. The maximum absolute atomic E-state index is 10.7. The summed E-state index contributed by atoms with van der Waals surface area (Å²) in [6.45, 7) is 8.99. The van der Waals surface area contributed by atoms with Crippen LogP contribution >= 0.6 is 0 Å². The van der Waals surface area contributed by atoms with Gasteiger partial charge in [0.2, 0.25) is 5.95 Å². The van der Waals surface area contributed by atoms with Crippen LogP contribution in [0, 0.1) is 22.7 Å². The number of aromatic nitrogens is 5. The van der Waals surface area contributed by atoms with Crippen LogP contribution < -0.4 is 10.6 Å². The standard InChI is InChI=1S/C29H35N11O2/c1-2-32-27-28-33-16-23(15-31)40(28)36-29(35-27)34-21-3-4-26-25(13-21)20(14-30)17-39(26)22-5-7-37(8-6-22)18-24(41)19-38-9-11-42-12-10-38/h3-4,13,16-17,22,24,41H,2,5-12,18-19H2,1H3,(H2,32,34,35,36)/t24-/m1/s1. The van der Waals surface area contributed by atoms with Crippen LogP contribution in [0.25, 0.3) is 16.6 Å². The highest BCUT2D eigenvalue weighted by atomic mass is 16.5. The number of nitriles is 2. The highest BCUT2D eigenvalue weighted by Gasteiger charge is 2.25. The number of likely N-dealkylation sites (tertiary alicyclic amines) is 1. The molecule has 42 heavy (non-hydrogen) atoms. The van der Waals surface area contributed by atoms with Crippen molar-refractivity contribution in [1.29, 1.82) is 10.5 Å². The molecule has 13 nitrogen and oxygen atoms in total. The lowest BCUT2D eigenvalue weighted by molar-refractivity contribution is 0.00444. The lowest BCUT2D eigenvalue weighted by Gasteiger charge is -2.35. The highest BCUT2D eigenvalue weighted by Crippen LogP contribution is 2.32. The number of rotatable bonds is 9. The molecule has 218 valence electrons. The number of morpholine rings is 1. The van der Waals surface area contributed by atoms with Gasteiger partial charge in [0.1, 0.15) is 12.1 Å². The lowest BCUT2D eigenvalue weighted by Crippen LogP contribution is -2.46. The fourth-order valence-electron chi connectivity index (χ4n) is 5.97. The number of nitrogens with zero attached hydrogens (tertiary/aromatic N) is 9. The van der Waals surface area contributed by atoms with Crippen LogP contribution in [0.5, 0.6) is 0 Å². The Hall–Kier alpha value is -4.27. The Kier molecular flexibility index (Phi) is 8.17. The topological polar surface area (TPSA) is 156 Å². The largest absolute Gasteiger partial charge is 0.390 e. The van der Waals surface area contributed by atoms with Crippen molar-refractivity contribution in [3.63, 3.8) is 0 Å². The third kappa shape index (κ3) is 5.73. The lowest BCUT2D eigenvalue weighted by atomic mass is 10.0. The van der Waals surface area contributed by atoms with E-state index in [4.69, 9.17) is 4.74 Å². The molecular formula is C29H35N11O2. The first kappa shape index (κ1) is 27.9. The Morgan fingerprint density at radius 1 is 1.10 bits per heavy atom. The molecular weight excluding hydrogens is 534 g/mol. The maximum atomic E-state index is 10.7. The van der Waals surface area contributed by atoms with Crippen LogP contribution in [0.1, 0.15) is 37.1 Å². The molecule has 3 N–H and O–H groups in total. The molecule has 2 saturated heterocycles.